The highest BCUT2D eigenvalue weighted by molar-refractivity contribution is 9.38. The molecule has 15 heavy (non-hydrogen) atoms. The number of nitrogens with zero attached hydrogens (tertiary/aromatic N) is 1. The van der Waals surface area contributed by atoms with Crippen LogP contribution in [-0.4, -0.2) is 22.5 Å². The highest BCUT2D eigenvalue weighted by atomic mass is 80.0. The lowest BCUT2D eigenvalue weighted by atomic mass is 10.3. The summed E-state index contributed by atoms with van der Waals surface area (Å²) in [4.78, 5) is 18.4. The Kier molecular flexibility index (Phi) is 4.82. The van der Waals surface area contributed by atoms with E-state index in [0.717, 1.165) is 0 Å². The Hall–Kier alpha value is 0.600. The molecule has 1 rings (SSSR count). The fourth-order valence-electron chi connectivity index (χ4n) is 0.897. The van der Waals surface area contributed by atoms with Gasteiger partial charge in [-0.25, -0.2) is 9.78 Å². The second-order valence-corrected chi connectivity index (χ2v) is 9.98. The molecule has 0 aliphatic rings. The molecule has 1 aromatic heterocycles. The number of esters is 1. The van der Waals surface area contributed by atoms with Gasteiger partial charge in [0.1, 0.15) is 0 Å². The van der Waals surface area contributed by atoms with Gasteiger partial charge in [-0.1, -0.05) is 47.8 Å². The molecule has 0 aromatic carbocycles. The first-order chi connectivity index (χ1) is 6.86. The number of nitrogens with one attached hydrogen (secondary N) is 1. The van der Waals surface area contributed by atoms with Crippen molar-refractivity contribution in [3.63, 3.8) is 0 Å². The number of imidazole rings is 1. The molecule has 0 fully saturated rings. The minimum atomic E-state index is -0.728. The number of alkyl halides is 3. The van der Waals surface area contributed by atoms with Gasteiger partial charge >= 0.3 is 5.97 Å². The zero-order chi connectivity index (χ0) is 11.6. The van der Waals surface area contributed by atoms with Crippen molar-refractivity contribution in [2.24, 2.45) is 0 Å². The Morgan fingerprint density at radius 2 is 2.13 bits per heavy atom. The third kappa shape index (κ3) is 3.54. The maximum Gasteiger partial charge on any atom is 0.358 e. The van der Waals surface area contributed by atoms with Crippen molar-refractivity contribution < 1.29 is 9.53 Å². The van der Waals surface area contributed by atoms with Crippen LogP contribution in [-0.2, 0) is 6.88 Å². The van der Waals surface area contributed by atoms with E-state index in [0.29, 0.717) is 17.0 Å². The SMILES string of the molecule is CCOC(=O)c1nc(Br)[nH]c1C(Br)(Br)Br. The molecule has 0 amide bonds. The van der Waals surface area contributed by atoms with Gasteiger partial charge in [-0.2, -0.15) is 0 Å². The highest BCUT2D eigenvalue weighted by Gasteiger charge is 2.31. The smallest absolute Gasteiger partial charge is 0.358 e. The maximum atomic E-state index is 11.5. The van der Waals surface area contributed by atoms with Gasteiger partial charge in [0.05, 0.1) is 12.3 Å². The van der Waals surface area contributed by atoms with E-state index in [9.17, 15) is 4.79 Å². The molecule has 0 unspecified atom stereocenters. The summed E-state index contributed by atoms with van der Waals surface area (Å²) in [6.45, 7) is 2.05. The number of halogens is 4. The Bertz CT molecular complexity index is 372. The summed E-state index contributed by atoms with van der Waals surface area (Å²) < 4.78 is 4.61. The Morgan fingerprint density at radius 3 is 2.60 bits per heavy atom. The second kappa shape index (κ2) is 5.29. The summed E-state index contributed by atoms with van der Waals surface area (Å²) in [6.07, 6.45) is 0. The summed E-state index contributed by atoms with van der Waals surface area (Å²) in [5, 5.41) is 0. The molecule has 0 aliphatic heterocycles. The molecule has 8 heteroatoms. The lowest BCUT2D eigenvalue weighted by molar-refractivity contribution is 0.0519. The van der Waals surface area contributed by atoms with E-state index in [-0.39, 0.29) is 5.69 Å². The lowest BCUT2D eigenvalue weighted by Gasteiger charge is -2.11. The van der Waals surface area contributed by atoms with Crippen LogP contribution in [0.5, 0.6) is 0 Å². The quantitative estimate of drug-likeness (QED) is 0.531. The molecule has 0 spiro atoms. The van der Waals surface area contributed by atoms with Crippen LogP contribution >= 0.6 is 63.7 Å². The number of H-pyrrole nitrogens is 1. The number of carbonyl (C=O) groups excluding carboxylic acids is 1. The van der Waals surface area contributed by atoms with E-state index in [1.807, 2.05) is 0 Å². The fourth-order valence-corrected chi connectivity index (χ4v) is 2.13. The third-order valence-electron chi connectivity index (χ3n) is 1.43. The van der Waals surface area contributed by atoms with E-state index in [2.05, 4.69) is 73.7 Å². The van der Waals surface area contributed by atoms with Gasteiger partial charge < -0.3 is 9.72 Å². The summed E-state index contributed by atoms with van der Waals surface area (Å²) >= 11 is 13.1. The number of carbonyl (C=O) groups is 1. The van der Waals surface area contributed by atoms with Gasteiger partial charge in [0.2, 0.25) is 0 Å². The monoisotopic (exact) mass is 466 g/mol. The molecule has 0 aliphatic carbocycles. The molecule has 0 saturated carbocycles. The van der Waals surface area contributed by atoms with Crippen molar-refractivity contribution in [2.75, 3.05) is 6.61 Å². The number of hydrogen-bond acceptors (Lipinski definition) is 3. The topological polar surface area (TPSA) is 55.0 Å². The summed E-state index contributed by atoms with van der Waals surface area (Å²) in [7, 11) is 0. The molecular weight excluding hydrogens is 464 g/mol. The van der Waals surface area contributed by atoms with Crippen molar-refractivity contribution >= 4 is 69.7 Å². The first-order valence-electron chi connectivity index (χ1n) is 3.86. The normalized spacial score (nSPS) is 11.5. The number of ether oxygens (including phenoxy) is 1. The first kappa shape index (κ1) is 13.7. The summed E-state index contributed by atoms with van der Waals surface area (Å²) in [6, 6.07) is 0. The number of aromatic nitrogens is 2. The van der Waals surface area contributed by atoms with Crippen molar-refractivity contribution in [2.45, 2.75) is 9.07 Å². The van der Waals surface area contributed by atoms with Crippen LogP contribution in [0.1, 0.15) is 23.1 Å². The van der Waals surface area contributed by atoms with Gasteiger partial charge in [-0.05, 0) is 22.9 Å². The molecule has 4 nitrogen and oxygen atoms in total. The summed E-state index contributed by atoms with van der Waals surface area (Å²) in [5.74, 6) is -0.475. The van der Waals surface area contributed by atoms with Crippen LogP contribution in [0.25, 0.3) is 0 Å². The van der Waals surface area contributed by atoms with Crippen LogP contribution < -0.4 is 0 Å². The van der Waals surface area contributed by atoms with Crippen LogP contribution in [0.2, 0.25) is 0 Å². The lowest BCUT2D eigenvalue weighted by Crippen LogP contribution is -2.12. The van der Waals surface area contributed by atoms with Gasteiger partial charge in [0.25, 0.3) is 0 Å². The number of hydrogen-bond donors (Lipinski definition) is 1. The molecule has 0 radical (unpaired) electrons. The standard InChI is InChI=1S/C7H6Br4N2O2/c1-2-15-5(14)3-4(7(9,10)11)13-6(8)12-3/h2H2,1H3,(H,12,13). The Labute approximate surface area is 120 Å². The van der Waals surface area contributed by atoms with Gasteiger partial charge in [-0.3, -0.25) is 0 Å². The second-order valence-electron chi connectivity index (χ2n) is 2.47. The van der Waals surface area contributed by atoms with Crippen molar-refractivity contribution in [3.05, 3.63) is 16.1 Å². The molecule has 84 valence electrons. The third-order valence-corrected chi connectivity index (χ3v) is 2.99. The van der Waals surface area contributed by atoms with Crippen LogP contribution in [0.4, 0.5) is 0 Å². The van der Waals surface area contributed by atoms with Crippen LogP contribution in [0.15, 0.2) is 4.73 Å². The largest absolute Gasteiger partial charge is 0.461 e. The van der Waals surface area contributed by atoms with Gasteiger partial charge in [-0.15, -0.1) is 0 Å². The van der Waals surface area contributed by atoms with Crippen molar-refractivity contribution in [1.29, 1.82) is 0 Å². The molecule has 1 N–H and O–H groups in total. The van der Waals surface area contributed by atoms with E-state index >= 15 is 0 Å². The molecule has 0 atom stereocenters. The first-order valence-corrected chi connectivity index (χ1v) is 7.03. The maximum absolute atomic E-state index is 11.5. The van der Waals surface area contributed by atoms with Crippen molar-refractivity contribution in [1.82, 2.24) is 9.97 Å². The molecule has 1 aromatic rings. The van der Waals surface area contributed by atoms with E-state index in [1.165, 1.54) is 0 Å². The Balaban J connectivity index is 3.12. The zero-order valence-electron chi connectivity index (χ0n) is 7.48. The molecule has 0 bridgehead atoms. The van der Waals surface area contributed by atoms with Crippen LogP contribution in [0.3, 0.4) is 0 Å². The summed E-state index contributed by atoms with van der Waals surface area (Å²) in [5.41, 5.74) is 0.752. The minimum absolute atomic E-state index is 0.217. The molecule has 0 saturated heterocycles. The predicted molar refractivity (Wildman–Crippen MR) is 70.7 cm³/mol. The van der Waals surface area contributed by atoms with Gasteiger partial charge in [0.15, 0.2) is 12.6 Å². The average Bonchev–Trinajstić information content (AvgIpc) is 2.47. The van der Waals surface area contributed by atoms with Crippen molar-refractivity contribution in [3.8, 4) is 0 Å². The molecule has 1 heterocycles. The Morgan fingerprint density at radius 1 is 1.53 bits per heavy atom. The number of rotatable bonds is 2. The van der Waals surface area contributed by atoms with Crippen LogP contribution in [0, 0.1) is 0 Å². The van der Waals surface area contributed by atoms with E-state index < -0.39 is 8.11 Å². The zero-order valence-corrected chi connectivity index (χ0v) is 13.8. The highest BCUT2D eigenvalue weighted by Crippen LogP contribution is 2.45. The predicted octanol–water partition coefficient (Wildman–Crippen LogP) is 3.64. The van der Waals surface area contributed by atoms with E-state index in [1.54, 1.807) is 6.92 Å². The minimum Gasteiger partial charge on any atom is -0.461 e. The molecular formula is C7H6Br4N2O2. The van der Waals surface area contributed by atoms with E-state index in [4.69, 9.17) is 4.74 Å². The van der Waals surface area contributed by atoms with Gasteiger partial charge in [0, 0.05) is 0 Å². The number of aromatic amines is 1. The fraction of sp³-hybridized carbons (Fsp3) is 0.429. The average molecular weight is 470 g/mol.